The van der Waals surface area contributed by atoms with Crippen molar-refractivity contribution in [3.05, 3.63) is 23.7 Å². The number of rotatable bonds is 6. The normalized spacial score (nSPS) is 10.3. The molecule has 5 nitrogen and oxygen atoms in total. The van der Waals surface area contributed by atoms with Gasteiger partial charge in [-0.15, -0.1) is 0 Å². The highest BCUT2D eigenvalue weighted by molar-refractivity contribution is 5.91. The monoisotopic (exact) mass is 212 g/mol. The highest BCUT2D eigenvalue weighted by Gasteiger charge is 2.09. The van der Waals surface area contributed by atoms with Gasteiger partial charge in [0.1, 0.15) is 5.76 Å². The largest absolute Gasteiger partial charge is 0.455 e. The third kappa shape index (κ3) is 3.73. The molecule has 1 rings (SSSR count). The number of ether oxygens (including phenoxy) is 1. The molecule has 15 heavy (non-hydrogen) atoms. The maximum Gasteiger partial charge on any atom is 0.287 e. The van der Waals surface area contributed by atoms with Crippen LogP contribution in [0.4, 0.5) is 0 Å². The van der Waals surface area contributed by atoms with Gasteiger partial charge in [0.05, 0.1) is 13.2 Å². The van der Waals surface area contributed by atoms with Crippen molar-refractivity contribution in [3.8, 4) is 0 Å². The summed E-state index contributed by atoms with van der Waals surface area (Å²) < 4.78 is 10.3. The van der Waals surface area contributed by atoms with Crippen molar-refractivity contribution in [1.82, 2.24) is 5.32 Å². The molecule has 0 unspecified atom stereocenters. The van der Waals surface area contributed by atoms with Crippen molar-refractivity contribution in [1.29, 1.82) is 0 Å². The van der Waals surface area contributed by atoms with Crippen LogP contribution >= 0.6 is 0 Å². The van der Waals surface area contributed by atoms with Crippen LogP contribution in [-0.4, -0.2) is 25.7 Å². The molecule has 0 aliphatic rings. The van der Waals surface area contributed by atoms with E-state index in [1.54, 1.807) is 12.1 Å². The molecule has 84 valence electrons. The molecular weight excluding hydrogens is 196 g/mol. The Morgan fingerprint density at radius 3 is 3.00 bits per heavy atom. The fourth-order valence-corrected chi connectivity index (χ4v) is 1.08. The molecule has 5 heteroatoms. The van der Waals surface area contributed by atoms with Gasteiger partial charge in [0.15, 0.2) is 5.76 Å². The molecule has 3 N–H and O–H groups in total. The zero-order valence-electron chi connectivity index (χ0n) is 8.79. The maximum absolute atomic E-state index is 11.4. The molecule has 1 aromatic heterocycles. The first-order chi connectivity index (χ1) is 7.27. The molecule has 0 aliphatic heterocycles. The summed E-state index contributed by atoms with van der Waals surface area (Å²) in [6.45, 7) is 3.83. The molecule has 0 radical (unpaired) electrons. The lowest BCUT2D eigenvalue weighted by Gasteiger charge is -2.02. The van der Waals surface area contributed by atoms with E-state index in [0.29, 0.717) is 32.1 Å². The lowest BCUT2D eigenvalue weighted by atomic mass is 10.4. The molecule has 0 spiro atoms. The van der Waals surface area contributed by atoms with Gasteiger partial charge in [0, 0.05) is 13.2 Å². The van der Waals surface area contributed by atoms with E-state index in [1.165, 1.54) is 0 Å². The SMILES string of the molecule is CCOCCNC(=O)c1ccc(CN)o1. The van der Waals surface area contributed by atoms with E-state index in [9.17, 15) is 4.79 Å². The first kappa shape index (κ1) is 11.7. The van der Waals surface area contributed by atoms with Gasteiger partial charge in [0.25, 0.3) is 5.91 Å². The van der Waals surface area contributed by atoms with Gasteiger partial charge < -0.3 is 20.2 Å². The van der Waals surface area contributed by atoms with Crippen molar-refractivity contribution < 1.29 is 13.9 Å². The van der Waals surface area contributed by atoms with Crippen LogP contribution in [0.25, 0.3) is 0 Å². The number of carbonyl (C=O) groups excluding carboxylic acids is 1. The van der Waals surface area contributed by atoms with Crippen LogP contribution in [0.3, 0.4) is 0 Å². The standard InChI is InChI=1S/C10H16N2O3/c1-2-14-6-5-12-10(13)9-4-3-8(7-11)15-9/h3-4H,2,5-7,11H2,1H3,(H,12,13). The van der Waals surface area contributed by atoms with Crippen LogP contribution in [-0.2, 0) is 11.3 Å². The number of amides is 1. The Morgan fingerprint density at radius 1 is 1.60 bits per heavy atom. The van der Waals surface area contributed by atoms with Crippen molar-refractivity contribution >= 4 is 5.91 Å². The van der Waals surface area contributed by atoms with E-state index in [4.69, 9.17) is 14.9 Å². The molecule has 1 aromatic rings. The summed E-state index contributed by atoms with van der Waals surface area (Å²) in [5.41, 5.74) is 5.36. The predicted molar refractivity (Wildman–Crippen MR) is 55.4 cm³/mol. The molecule has 0 fully saturated rings. The minimum atomic E-state index is -0.241. The van der Waals surface area contributed by atoms with Gasteiger partial charge in [-0.25, -0.2) is 0 Å². The summed E-state index contributed by atoms with van der Waals surface area (Å²) in [6, 6.07) is 3.30. The van der Waals surface area contributed by atoms with Crippen LogP contribution in [0.5, 0.6) is 0 Å². The van der Waals surface area contributed by atoms with Crippen molar-refractivity contribution in [2.75, 3.05) is 19.8 Å². The van der Waals surface area contributed by atoms with E-state index in [0.717, 1.165) is 0 Å². The highest BCUT2D eigenvalue weighted by atomic mass is 16.5. The van der Waals surface area contributed by atoms with Gasteiger partial charge >= 0.3 is 0 Å². The Hall–Kier alpha value is -1.33. The van der Waals surface area contributed by atoms with Gasteiger partial charge in [0.2, 0.25) is 0 Å². The van der Waals surface area contributed by atoms with E-state index >= 15 is 0 Å². The fourth-order valence-electron chi connectivity index (χ4n) is 1.08. The minimum Gasteiger partial charge on any atom is -0.455 e. The second kappa shape index (κ2) is 6.21. The minimum absolute atomic E-state index is 0.241. The first-order valence-electron chi connectivity index (χ1n) is 4.92. The van der Waals surface area contributed by atoms with Gasteiger partial charge in [-0.1, -0.05) is 0 Å². The zero-order chi connectivity index (χ0) is 11.1. The summed E-state index contributed by atoms with van der Waals surface area (Å²) in [7, 11) is 0. The smallest absolute Gasteiger partial charge is 0.287 e. The fraction of sp³-hybridized carbons (Fsp3) is 0.500. The quantitative estimate of drug-likeness (QED) is 0.673. The first-order valence-corrected chi connectivity index (χ1v) is 4.92. The Morgan fingerprint density at radius 2 is 2.40 bits per heavy atom. The number of carbonyl (C=O) groups is 1. The average molecular weight is 212 g/mol. The second-order valence-electron chi connectivity index (χ2n) is 2.92. The molecule has 0 bridgehead atoms. The molecule has 0 saturated carbocycles. The van der Waals surface area contributed by atoms with Gasteiger partial charge in [-0.2, -0.15) is 0 Å². The topological polar surface area (TPSA) is 77.5 Å². The van der Waals surface area contributed by atoms with E-state index in [2.05, 4.69) is 5.32 Å². The van der Waals surface area contributed by atoms with Crippen molar-refractivity contribution in [2.24, 2.45) is 5.73 Å². The highest BCUT2D eigenvalue weighted by Crippen LogP contribution is 2.06. The Kier molecular flexibility index (Phi) is 4.86. The summed E-state index contributed by atoms with van der Waals surface area (Å²) in [6.07, 6.45) is 0. The van der Waals surface area contributed by atoms with Crippen LogP contribution in [0.2, 0.25) is 0 Å². The summed E-state index contributed by atoms with van der Waals surface area (Å²) in [4.78, 5) is 11.4. The Labute approximate surface area is 88.6 Å². The number of nitrogens with one attached hydrogen (secondary N) is 1. The van der Waals surface area contributed by atoms with Crippen LogP contribution in [0.15, 0.2) is 16.5 Å². The van der Waals surface area contributed by atoms with E-state index < -0.39 is 0 Å². The van der Waals surface area contributed by atoms with Gasteiger partial charge in [-0.05, 0) is 19.1 Å². The summed E-state index contributed by atoms with van der Waals surface area (Å²) in [5, 5.41) is 2.67. The molecule has 1 heterocycles. The Bertz CT molecular complexity index is 309. The average Bonchev–Trinajstić information content (AvgIpc) is 2.72. The van der Waals surface area contributed by atoms with Gasteiger partial charge in [-0.3, -0.25) is 4.79 Å². The number of furan rings is 1. The molecular formula is C10H16N2O3. The van der Waals surface area contributed by atoms with E-state index in [1.807, 2.05) is 6.92 Å². The summed E-state index contributed by atoms with van der Waals surface area (Å²) >= 11 is 0. The van der Waals surface area contributed by atoms with Crippen molar-refractivity contribution in [3.63, 3.8) is 0 Å². The molecule has 0 aromatic carbocycles. The number of nitrogens with two attached hydrogens (primary N) is 1. The zero-order valence-corrected chi connectivity index (χ0v) is 8.79. The Balaban J connectivity index is 2.33. The van der Waals surface area contributed by atoms with Crippen molar-refractivity contribution in [2.45, 2.75) is 13.5 Å². The van der Waals surface area contributed by atoms with Crippen LogP contribution in [0.1, 0.15) is 23.2 Å². The predicted octanol–water partition coefficient (Wildman–Crippen LogP) is 0.505. The van der Waals surface area contributed by atoms with Crippen LogP contribution < -0.4 is 11.1 Å². The number of hydrogen-bond donors (Lipinski definition) is 2. The lowest BCUT2D eigenvalue weighted by molar-refractivity contribution is 0.0894. The maximum atomic E-state index is 11.4. The lowest BCUT2D eigenvalue weighted by Crippen LogP contribution is -2.26. The van der Waals surface area contributed by atoms with E-state index in [-0.39, 0.29) is 11.7 Å². The molecule has 0 aliphatic carbocycles. The third-order valence-corrected chi connectivity index (χ3v) is 1.82. The summed E-state index contributed by atoms with van der Waals surface area (Å²) in [5.74, 6) is 0.645. The van der Waals surface area contributed by atoms with Crippen LogP contribution in [0, 0.1) is 0 Å². The molecule has 0 saturated heterocycles. The number of hydrogen-bond acceptors (Lipinski definition) is 4. The molecule has 1 amide bonds. The molecule has 0 atom stereocenters. The second-order valence-corrected chi connectivity index (χ2v) is 2.92. The third-order valence-electron chi connectivity index (χ3n) is 1.82.